The number of hydrogen-bond acceptors (Lipinski definition) is 7. The number of aryl methyl sites for hydroxylation is 1. The summed E-state index contributed by atoms with van der Waals surface area (Å²) < 4.78 is 6.97. The normalized spacial score (nSPS) is 11.0. The molecule has 0 bridgehead atoms. The van der Waals surface area contributed by atoms with E-state index in [4.69, 9.17) is 4.74 Å². The number of rotatable bonds is 5. The largest absolute Gasteiger partial charge is 0.426 e. The number of aromatic nitrogens is 5. The van der Waals surface area contributed by atoms with Crippen LogP contribution in [0.1, 0.15) is 19.5 Å². The van der Waals surface area contributed by atoms with Gasteiger partial charge in [-0.3, -0.25) is 9.78 Å². The maximum absolute atomic E-state index is 11.7. The standard InChI is InChI=1S/C21H20N6O2/c1-13(2)20(28)29-17-8-6-16(7-9-17)24-18-11-14(3)23-21-25-19(26-27(18)21)15-5-4-10-22-12-15/h4-13,24H,1-3H3. The van der Waals surface area contributed by atoms with Crippen molar-refractivity contribution in [3.8, 4) is 17.1 Å². The Morgan fingerprint density at radius 3 is 2.62 bits per heavy atom. The topological polar surface area (TPSA) is 94.3 Å². The Morgan fingerprint density at radius 1 is 1.14 bits per heavy atom. The number of pyridine rings is 1. The molecular weight excluding hydrogens is 368 g/mol. The van der Waals surface area contributed by atoms with E-state index in [0.717, 1.165) is 22.8 Å². The van der Waals surface area contributed by atoms with Crippen molar-refractivity contribution < 1.29 is 9.53 Å². The van der Waals surface area contributed by atoms with Crippen LogP contribution in [0.5, 0.6) is 5.75 Å². The van der Waals surface area contributed by atoms with E-state index in [1.807, 2.05) is 37.3 Å². The summed E-state index contributed by atoms with van der Waals surface area (Å²) in [6.45, 7) is 5.50. The predicted molar refractivity (Wildman–Crippen MR) is 109 cm³/mol. The van der Waals surface area contributed by atoms with Crippen LogP contribution in [0.2, 0.25) is 0 Å². The van der Waals surface area contributed by atoms with Crippen LogP contribution < -0.4 is 10.1 Å². The summed E-state index contributed by atoms with van der Waals surface area (Å²) >= 11 is 0. The minimum Gasteiger partial charge on any atom is -0.426 e. The number of nitrogens with one attached hydrogen (secondary N) is 1. The third kappa shape index (κ3) is 4.06. The van der Waals surface area contributed by atoms with E-state index in [1.54, 1.807) is 42.9 Å². The van der Waals surface area contributed by atoms with E-state index in [1.165, 1.54) is 0 Å². The van der Waals surface area contributed by atoms with Gasteiger partial charge in [0, 0.05) is 35.4 Å². The highest BCUT2D eigenvalue weighted by Crippen LogP contribution is 2.23. The zero-order valence-corrected chi connectivity index (χ0v) is 16.3. The van der Waals surface area contributed by atoms with Crippen LogP contribution in [0.4, 0.5) is 11.5 Å². The van der Waals surface area contributed by atoms with Gasteiger partial charge in [0.1, 0.15) is 11.6 Å². The van der Waals surface area contributed by atoms with Crippen molar-refractivity contribution in [1.29, 1.82) is 0 Å². The van der Waals surface area contributed by atoms with Gasteiger partial charge in [0.05, 0.1) is 5.92 Å². The number of carbonyl (C=O) groups excluding carboxylic acids is 1. The molecule has 0 saturated heterocycles. The van der Waals surface area contributed by atoms with Gasteiger partial charge in [0.15, 0.2) is 5.82 Å². The lowest BCUT2D eigenvalue weighted by atomic mass is 10.2. The summed E-state index contributed by atoms with van der Waals surface area (Å²) in [5.41, 5.74) is 2.45. The van der Waals surface area contributed by atoms with Crippen LogP contribution in [-0.4, -0.2) is 30.5 Å². The van der Waals surface area contributed by atoms with E-state index < -0.39 is 0 Å². The SMILES string of the molecule is Cc1cc(Nc2ccc(OC(=O)C(C)C)cc2)n2nc(-c3cccnc3)nc2n1. The van der Waals surface area contributed by atoms with Crippen molar-refractivity contribution in [2.45, 2.75) is 20.8 Å². The zero-order valence-electron chi connectivity index (χ0n) is 16.3. The van der Waals surface area contributed by atoms with Gasteiger partial charge in [-0.25, -0.2) is 4.98 Å². The second-order valence-electron chi connectivity index (χ2n) is 6.90. The maximum atomic E-state index is 11.7. The Bertz CT molecular complexity index is 1150. The van der Waals surface area contributed by atoms with E-state index in [2.05, 4.69) is 25.4 Å². The fraction of sp³-hybridized carbons (Fsp3) is 0.190. The molecule has 0 atom stereocenters. The van der Waals surface area contributed by atoms with Gasteiger partial charge in [-0.15, -0.1) is 5.10 Å². The molecule has 8 heteroatoms. The highest BCUT2D eigenvalue weighted by Gasteiger charge is 2.13. The highest BCUT2D eigenvalue weighted by molar-refractivity contribution is 5.74. The van der Waals surface area contributed by atoms with E-state index in [9.17, 15) is 4.79 Å². The molecule has 1 aromatic carbocycles. The Kier molecular flexibility index (Phi) is 4.90. The van der Waals surface area contributed by atoms with Crippen LogP contribution >= 0.6 is 0 Å². The molecule has 0 aliphatic carbocycles. The molecule has 0 amide bonds. The fourth-order valence-corrected chi connectivity index (χ4v) is 2.68. The van der Waals surface area contributed by atoms with Gasteiger partial charge in [-0.1, -0.05) is 13.8 Å². The lowest BCUT2D eigenvalue weighted by Crippen LogP contribution is -2.14. The second-order valence-corrected chi connectivity index (χ2v) is 6.90. The van der Waals surface area contributed by atoms with Crippen molar-refractivity contribution in [2.75, 3.05) is 5.32 Å². The molecular formula is C21H20N6O2. The van der Waals surface area contributed by atoms with Gasteiger partial charge in [0.25, 0.3) is 5.78 Å². The molecule has 29 heavy (non-hydrogen) atoms. The number of fused-ring (bicyclic) bond motifs is 1. The van der Waals surface area contributed by atoms with Crippen LogP contribution in [0, 0.1) is 12.8 Å². The Balaban J connectivity index is 1.62. The van der Waals surface area contributed by atoms with Gasteiger partial charge in [-0.2, -0.15) is 9.50 Å². The molecule has 0 aliphatic rings. The Labute approximate surface area is 167 Å². The fourth-order valence-electron chi connectivity index (χ4n) is 2.68. The molecule has 3 aromatic heterocycles. The van der Waals surface area contributed by atoms with Crippen LogP contribution in [0.3, 0.4) is 0 Å². The molecule has 1 N–H and O–H groups in total. The summed E-state index contributed by atoms with van der Waals surface area (Å²) in [4.78, 5) is 24.8. The first-order valence-corrected chi connectivity index (χ1v) is 9.23. The maximum Gasteiger partial charge on any atom is 0.313 e. The number of ether oxygens (including phenoxy) is 1. The van der Waals surface area contributed by atoms with Crippen molar-refractivity contribution in [3.63, 3.8) is 0 Å². The first kappa shape index (κ1) is 18.5. The lowest BCUT2D eigenvalue weighted by Gasteiger charge is -2.10. The van der Waals surface area contributed by atoms with E-state index in [0.29, 0.717) is 17.4 Å². The quantitative estimate of drug-likeness (QED) is 0.410. The summed E-state index contributed by atoms with van der Waals surface area (Å²) in [5, 5.41) is 7.89. The Morgan fingerprint density at radius 2 is 1.93 bits per heavy atom. The first-order valence-electron chi connectivity index (χ1n) is 9.23. The molecule has 0 unspecified atom stereocenters. The lowest BCUT2D eigenvalue weighted by molar-refractivity contribution is -0.137. The predicted octanol–water partition coefficient (Wildman–Crippen LogP) is 3.80. The molecule has 0 fully saturated rings. The molecule has 8 nitrogen and oxygen atoms in total. The number of anilines is 2. The first-order chi connectivity index (χ1) is 14.0. The van der Waals surface area contributed by atoms with Crippen molar-refractivity contribution in [1.82, 2.24) is 24.6 Å². The minimum absolute atomic E-state index is 0.179. The highest BCUT2D eigenvalue weighted by atomic mass is 16.5. The van der Waals surface area contributed by atoms with E-state index >= 15 is 0 Å². The summed E-state index contributed by atoms with van der Waals surface area (Å²) in [7, 11) is 0. The number of nitrogens with zero attached hydrogens (tertiary/aromatic N) is 5. The third-order valence-corrected chi connectivity index (χ3v) is 4.18. The van der Waals surface area contributed by atoms with Crippen molar-refractivity contribution in [2.24, 2.45) is 5.92 Å². The van der Waals surface area contributed by atoms with Gasteiger partial charge in [0.2, 0.25) is 0 Å². The Hall–Kier alpha value is -3.81. The number of carbonyl (C=O) groups is 1. The molecule has 0 radical (unpaired) electrons. The number of esters is 1. The monoisotopic (exact) mass is 388 g/mol. The van der Waals surface area contributed by atoms with Crippen LogP contribution in [-0.2, 0) is 4.79 Å². The van der Waals surface area contributed by atoms with Gasteiger partial charge < -0.3 is 10.1 Å². The van der Waals surface area contributed by atoms with Crippen molar-refractivity contribution >= 4 is 23.3 Å². The number of benzene rings is 1. The van der Waals surface area contributed by atoms with Crippen molar-refractivity contribution in [3.05, 3.63) is 60.6 Å². The number of hydrogen-bond donors (Lipinski definition) is 1. The summed E-state index contributed by atoms with van der Waals surface area (Å²) in [6, 6.07) is 12.8. The average molecular weight is 388 g/mol. The van der Waals surface area contributed by atoms with Gasteiger partial charge >= 0.3 is 5.97 Å². The second kappa shape index (κ2) is 7.67. The molecule has 146 valence electrons. The molecule has 4 aromatic rings. The van der Waals surface area contributed by atoms with Crippen LogP contribution in [0.15, 0.2) is 54.9 Å². The average Bonchev–Trinajstić information content (AvgIpc) is 3.14. The smallest absolute Gasteiger partial charge is 0.313 e. The summed E-state index contributed by atoms with van der Waals surface area (Å²) in [5.74, 6) is 1.83. The molecule has 0 spiro atoms. The summed E-state index contributed by atoms with van der Waals surface area (Å²) in [6.07, 6.45) is 3.42. The minimum atomic E-state index is -0.261. The zero-order chi connectivity index (χ0) is 20.4. The van der Waals surface area contributed by atoms with Crippen LogP contribution in [0.25, 0.3) is 17.2 Å². The van der Waals surface area contributed by atoms with Gasteiger partial charge in [-0.05, 0) is 43.3 Å². The van der Waals surface area contributed by atoms with E-state index in [-0.39, 0.29) is 11.9 Å². The molecule has 0 aliphatic heterocycles. The molecule has 3 heterocycles. The molecule has 0 saturated carbocycles. The molecule has 4 rings (SSSR count). The third-order valence-electron chi connectivity index (χ3n) is 4.18.